The predicted octanol–water partition coefficient (Wildman–Crippen LogP) is -0.142. The molecule has 0 saturated heterocycles. The van der Waals surface area contributed by atoms with E-state index in [1.54, 1.807) is 6.92 Å². The average Bonchev–Trinajstić information content (AvgIpc) is 2.31. The molecule has 3 N–H and O–H groups in total. The van der Waals surface area contributed by atoms with Crippen LogP contribution in [0.15, 0.2) is 0 Å². The van der Waals surface area contributed by atoms with Crippen LogP contribution in [0.5, 0.6) is 0 Å². The van der Waals surface area contributed by atoms with Crippen molar-refractivity contribution < 1.29 is 24.5 Å². The van der Waals surface area contributed by atoms with E-state index in [0.717, 1.165) is 0 Å². The standard InChI is InChI=1S/C11H21NO5/c1-8(9(2)11(15)16)10(14)12-4-3-6-17-7-5-13/h8-9,13H,3-7H2,1-2H3,(H,12,14)(H,15,16). The van der Waals surface area contributed by atoms with E-state index in [1.165, 1.54) is 6.92 Å². The van der Waals surface area contributed by atoms with Gasteiger partial charge in [-0.2, -0.15) is 0 Å². The number of hydrogen-bond acceptors (Lipinski definition) is 4. The number of carboxylic acids is 1. The van der Waals surface area contributed by atoms with Crippen LogP contribution in [0.4, 0.5) is 0 Å². The van der Waals surface area contributed by atoms with Gasteiger partial charge in [-0.15, -0.1) is 0 Å². The zero-order chi connectivity index (χ0) is 13.3. The van der Waals surface area contributed by atoms with E-state index in [2.05, 4.69) is 5.32 Å². The minimum atomic E-state index is -0.973. The van der Waals surface area contributed by atoms with Gasteiger partial charge in [0.05, 0.1) is 19.1 Å². The van der Waals surface area contributed by atoms with E-state index in [-0.39, 0.29) is 12.5 Å². The number of carbonyl (C=O) groups excluding carboxylic acids is 1. The molecule has 0 aromatic rings. The first-order chi connectivity index (χ1) is 8.00. The maximum Gasteiger partial charge on any atom is 0.307 e. The first-order valence-corrected chi connectivity index (χ1v) is 5.69. The summed E-state index contributed by atoms with van der Waals surface area (Å²) in [4.78, 5) is 22.2. The second kappa shape index (κ2) is 8.95. The summed E-state index contributed by atoms with van der Waals surface area (Å²) in [5, 5.41) is 19.8. The van der Waals surface area contributed by atoms with Crippen molar-refractivity contribution in [1.29, 1.82) is 0 Å². The number of carboxylic acid groups (broad SMARTS) is 1. The Bertz CT molecular complexity index is 244. The number of hydrogen-bond donors (Lipinski definition) is 3. The van der Waals surface area contributed by atoms with Gasteiger partial charge in [-0.25, -0.2) is 0 Å². The summed E-state index contributed by atoms with van der Waals surface area (Å²) in [5.41, 5.74) is 0. The van der Waals surface area contributed by atoms with Crippen LogP contribution in [0.25, 0.3) is 0 Å². The summed E-state index contributed by atoms with van der Waals surface area (Å²) < 4.78 is 5.02. The first-order valence-electron chi connectivity index (χ1n) is 5.69. The summed E-state index contributed by atoms with van der Waals surface area (Å²) in [5.74, 6) is -2.48. The van der Waals surface area contributed by atoms with Gasteiger partial charge in [-0.05, 0) is 6.42 Å². The maximum absolute atomic E-state index is 11.5. The van der Waals surface area contributed by atoms with Crippen LogP contribution in [0.2, 0.25) is 0 Å². The van der Waals surface area contributed by atoms with Crippen LogP contribution in [0.3, 0.4) is 0 Å². The third kappa shape index (κ3) is 6.91. The molecular weight excluding hydrogens is 226 g/mol. The molecule has 0 bridgehead atoms. The van der Waals surface area contributed by atoms with Gasteiger partial charge in [0, 0.05) is 19.1 Å². The van der Waals surface area contributed by atoms with Crippen LogP contribution in [-0.4, -0.2) is 48.5 Å². The van der Waals surface area contributed by atoms with Gasteiger partial charge in [0.2, 0.25) is 5.91 Å². The van der Waals surface area contributed by atoms with Crippen molar-refractivity contribution in [2.24, 2.45) is 11.8 Å². The van der Waals surface area contributed by atoms with E-state index >= 15 is 0 Å². The van der Waals surface area contributed by atoms with Crippen LogP contribution in [-0.2, 0) is 14.3 Å². The second-order valence-corrected chi connectivity index (χ2v) is 3.90. The summed E-state index contributed by atoms with van der Waals surface area (Å²) in [7, 11) is 0. The molecular formula is C11H21NO5. The van der Waals surface area contributed by atoms with Crippen molar-refractivity contribution in [3.63, 3.8) is 0 Å². The second-order valence-electron chi connectivity index (χ2n) is 3.90. The van der Waals surface area contributed by atoms with Gasteiger partial charge >= 0.3 is 5.97 Å². The fourth-order valence-electron chi connectivity index (χ4n) is 1.15. The van der Waals surface area contributed by atoms with E-state index in [4.69, 9.17) is 14.9 Å². The molecule has 0 aromatic heterocycles. The van der Waals surface area contributed by atoms with Crippen molar-refractivity contribution in [3.05, 3.63) is 0 Å². The van der Waals surface area contributed by atoms with Crippen LogP contribution in [0, 0.1) is 11.8 Å². The van der Waals surface area contributed by atoms with Gasteiger partial charge in [-0.3, -0.25) is 9.59 Å². The highest BCUT2D eigenvalue weighted by molar-refractivity contribution is 5.84. The van der Waals surface area contributed by atoms with Gasteiger partial charge in [0.25, 0.3) is 0 Å². The molecule has 100 valence electrons. The average molecular weight is 247 g/mol. The number of ether oxygens (including phenoxy) is 1. The molecule has 0 fully saturated rings. The smallest absolute Gasteiger partial charge is 0.307 e. The zero-order valence-corrected chi connectivity index (χ0v) is 10.3. The molecule has 0 aromatic carbocycles. The molecule has 0 heterocycles. The third-order valence-electron chi connectivity index (χ3n) is 2.55. The molecule has 2 unspecified atom stereocenters. The lowest BCUT2D eigenvalue weighted by molar-refractivity contribution is -0.146. The molecule has 0 aliphatic rings. The summed E-state index contributed by atoms with van der Waals surface area (Å²) in [6.45, 7) is 4.29. The van der Waals surface area contributed by atoms with Crippen molar-refractivity contribution >= 4 is 11.9 Å². The lowest BCUT2D eigenvalue weighted by atomic mass is 9.95. The fourth-order valence-corrected chi connectivity index (χ4v) is 1.15. The summed E-state index contributed by atoms with van der Waals surface area (Å²) >= 11 is 0. The molecule has 0 spiro atoms. The highest BCUT2D eigenvalue weighted by atomic mass is 16.5. The predicted molar refractivity (Wildman–Crippen MR) is 61.5 cm³/mol. The molecule has 6 heteroatoms. The fraction of sp³-hybridized carbons (Fsp3) is 0.818. The Morgan fingerprint density at radius 2 is 1.88 bits per heavy atom. The first kappa shape index (κ1) is 15.9. The SMILES string of the molecule is CC(C(=O)O)C(C)C(=O)NCCCOCCO. The van der Waals surface area contributed by atoms with E-state index < -0.39 is 17.8 Å². The van der Waals surface area contributed by atoms with Gasteiger partial charge in [0.1, 0.15) is 0 Å². The Balaban J connectivity index is 3.68. The molecule has 0 rings (SSSR count). The van der Waals surface area contributed by atoms with Gasteiger partial charge < -0.3 is 20.3 Å². The van der Waals surface area contributed by atoms with Crippen molar-refractivity contribution in [2.45, 2.75) is 20.3 Å². The third-order valence-corrected chi connectivity index (χ3v) is 2.55. The number of aliphatic hydroxyl groups is 1. The Morgan fingerprint density at radius 1 is 1.24 bits per heavy atom. The quantitative estimate of drug-likeness (QED) is 0.493. The Morgan fingerprint density at radius 3 is 2.41 bits per heavy atom. The van der Waals surface area contributed by atoms with E-state index in [0.29, 0.717) is 26.2 Å². The lowest BCUT2D eigenvalue weighted by Crippen LogP contribution is -2.36. The molecule has 0 aliphatic carbocycles. The highest BCUT2D eigenvalue weighted by Crippen LogP contribution is 2.10. The van der Waals surface area contributed by atoms with Crippen molar-refractivity contribution in [3.8, 4) is 0 Å². The monoisotopic (exact) mass is 247 g/mol. The highest BCUT2D eigenvalue weighted by Gasteiger charge is 2.25. The topological polar surface area (TPSA) is 95.9 Å². The molecule has 6 nitrogen and oxygen atoms in total. The number of nitrogens with one attached hydrogen (secondary N) is 1. The molecule has 1 amide bonds. The normalized spacial score (nSPS) is 14.1. The number of rotatable bonds is 9. The van der Waals surface area contributed by atoms with Gasteiger partial charge in [-0.1, -0.05) is 13.8 Å². The Kier molecular flexibility index (Phi) is 8.35. The molecule has 0 radical (unpaired) electrons. The van der Waals surface area contributed by atoms with Crippen LogP contribution in [0.1, 0.15) is 20.3 Å². The molecule has 0 saturated carbocycles. The van der Waals surface area contributed by atoms with Crippen molar-refractivity contribution in [2.75, 3.05) is 26.4 Å². The maximum atomic E-state index is 11.5. The number of aliphatic hydroxyl groups excluding tert-OH is 1. The number of aliphatic carboxylic acids is 1. The molecule has 2 atom stereocenters. The van der Waals surface area contributed by atoms with Crippen molar-refractivity contribution in [1.82, 2.24) is 5.32 Å². The zero-order valence-electron chi connectivity index (χ0n) is 10.3. The van der Waals surface area contributed by atoms with Gasteiger partial charge in [0.15, 0.2) is 0 Å². The minimum absolute atomic E-state index is 0.0144. The lowest BCUT2D eigenvalue weighted by Gasteiger charge is -2.15. The largest absolute Gasteiger partial charge is 0.481 e. The van der Waals surface area contributed by atoms with Crippen LogP contribution >= 0.6 is 0 Å². The van der Waals surface area contributed by atoms with E-state index in [9.17, 15) is 9.59 Å². The van der Waals surface area contributed by atoms with E-state index in [1.807, 2.05) is 0 Å². The number of amides is 1. The Hall–Kier alpha value is -1.14. The van der Waals surface area contributed by atoms with Crippen LogP contribution < -0.4 is 5.32 Å². The molecule has 17 heavy (non-hydrogen) atoms. The Labute approximate surface area is 101 Å². The summed E-state index contributed by atoms with van der Waals surface area (Å²) in [6.07, 6.45) is 0.639. The number of carbonyl (C=O) groups is 2. The minimum Gasteiger partial charge on any atom is -0.481 e. The summed E-state index contributed by atoms with van der Waals surface area (Å²) in [6, 6.07) is 0. The molecule has 0 aliphatic heterocycles.